The van der Waals surface area contributed by atoms with Gasteiger partial charge in [0.15, 0.2) is 0 Å². The zero-order valence-corrected chi connectivity index (χ0v) is 10.4. The molecule has 0 unspecified atom stereocenters. The molecule has 0 saturated carbocycles. The van der Waals surface area contributed by atoms with Crippen molar-refractivity contribution in [2.75, 3.05) is 32.7 Å². The third-order valence-electron chi connectivity index (χ3n) is 3.28. The molecule has 0 radical (unpaired) electrons. The highest BCUT2D eigenvalue weighted by Gasteiger charge is 2.33. The lowest BCUT2D eigenvalue weighted by Gasteiger charge is -2.27. The molecule has 0 atom stereocenters. The number of rotatable bonds is 3. The molecule has 6 heteroatoms. The van der Waals surface area contributed by atoms with Crippen LogP contribution in [-0.2, 0) is 12.6 Å². The van der Waals surface area contributed by atoms with Crippen LogP contribution in [0.2, 0.25) is 0 Å². The lowest BCUT2D eigenvalue weighted by molar-refractivity contribution is -0.138. The summed E-state index contributed by atoms with van der Waals surface area (Å²) in [4.78, 5) is 2.08. The van der Waals surface area contributed by atoms with Crippen LogP contribution in [0.5, 0.6) is 0 Å². The molecule has 1 fully saturated rings. The molecule has 1 aliphatic heterocycles. The average Bonchev–Trinajstić information content (AvgIpc) is 2.36. The third-order valence-corrected chi connectivity index (χ3v) is 3.28. The van der Waals surface area contributed by atoms with Gasteiger partial charge >= 0.3 is 6.18 Å². The molecule has 0 amide bonds. The van der Waals surface area contributed by atoms with Gasteiger partial charge in [0.25, 0.3) is 0 Å². The summed E-state index contributed by atoms with van der Waals surface area (Å²) in [5.74, 6) is -0.622. The molecule has 1 N–H and O–H groups in total. The number of nitrogens with zero attached hydrogens (tertiary/aromatic N) is 1. The van der Waals surface area contributed by atoms with Gasteiger partial charge in [-0.15, -0.1) is 0 Å². The van der Waals surface area contributed by atoms with Gasteiger partial charge in [0.2, 0.25) is 0 Å². The van der Waals surface area contributed by atoms with Crippen LogP contribution in [0, 0.1) is 5.82 Å². The zero-order chi connectivity index (χ0) is 13.9. The summed E-state index contributed by atoms with van der Waals surface area (Å²) in [6, 6.07) is 2.67. The van der Waals surface area contributed by atoms with Crippen LogP contribution in [-0.4, -0.2) is 37.6 Å². The van der Waals surface area contributed by atoms with Crippen molar-refractivity contribution in [1.29, 1.82) is 0 Å². The number of piperazine rings is 1. The second-order valence-corrected chi connectivity index (χ2v) is 4.64. The van der Waals surface area contributed by atoms with Crippen molar-refractivity contribution < 1.29 is 17.6 Å². The van der Waals surface area contributed by atoms with E-state index in [1.54, 1.807) is 0 Å². The van der Waals surface area contributed by atoms with E-state index in [4.69, 9.17) is 0 Å². The van der Waals surface area contributed by atoms with E-state index in [2.05, 4.69) is 10.2 Å². The Hall–Kier alpha value is -1.14. The van der Waals surface area contributed by atoms with Gasteiger partial charge in [0, 0.05) is 32.7 Å². The van der Waals surface area contributed by atoms with Gasteiger partial charge in [-0.05, 0) is 30.2 Å². The first-order valence-electron chi connectivity index (χ1n) is 6.25. The molecule has 2 rings (SSSR count). The fraction of sp³-hybridized carbons (Fsp3) is 0.538. The number of halogens is 4. The Balaban J connectivity index is 2.07. The van der Waals surface area contributed by atoms with Crippen molar-refractivity contribution >= 4 is 0 Å². The van der Waals surface area contributed by atoms with Gasteiger partial charge in [-0.25, -0.2) is 4.39 Å². The summed E-state index contributed by atoms with van der Waals surface area (Å²) in [6.45, 7) is 3.84. The van der Waals surface area contributed by atoms with E-state index in [0.717, 1.165) is 44.4 Å². The van der Waals surface area contributed by atoms with Crippen molar-refractivity contribution in [3.63, 3.8) is 0 Å². The second-order valence-electron chi connectivity index (χ2n) is 4.64. The minimum atomic E-state index is -4.42. The Morgan fingerprint density at radius 3 is 2.47 bits per heavy atom. The summed E-state index contributed by atoms with van der Waals surface area (Å²) in [7, 11) is 0. The first-order valence-corrected chi connectivity index (χ1v) is 6.25. The van der Waals surface area contributed by atoms with Crippen LogP contribution >= 0.6 is 0 Å². The third kappa shape index (κ3) is 3.91. The molecule has 1 saturated heterocycles. The zero-order valence-electron chi connectivity index (χ0n) is 10.4. The number of nitrogens with one attached hydrogen (secondary N) is 1. The van der Waals surface area contributed by atoms with Crippen LogP contribution in [0.3, 0.4) is 0 Å². The number of hydrogen-bond donors (Lipinski definition) is 1. The van der Waals surface area contributed by atoms with Gasteiger partial charge < -0.3 is 10.2 Å². The molecular formula is C13H16F4N2. The molecule has 0 aromatic heterocycles. The fourth-order valence-electron chi connectivity index (χ4n) is 2.26. The topological polar surface area (TPSA) is 15.3 Å². The Bertz CT molecular complexity index is 425. The number of hydrogen-bond acceptors (Lipinski definition) is 2. The van der Waals surface area contributed by atoms with Gasteiger partial charge in [-0.2, -0.15) is 13.2 Å². The smallest absolute Gasteiger partial charge is 0.314 e. The quantitative estimate of drug-likeness (QED) is 0.852. The maximum atomic E-state index is 13.1. The summed E-state index contributed by atoms with van der Waals surface area (Å²) >= 11 is 0. The Morgan fingerprint density at radius 2 is 1.84 bits per heavy atom. The van der Waals surface area contributed by atoms with E-state index >= 15 is 0 Å². The maximum absolute atomic E-state index is 13.1. The van der Waals surface area contributed by atoms with Crippen LogP contribution in [0.25, 0.3) is 0 Å². The van der Waals surface area contributed by atoms with Crippen molar-refractivity contribution in [1.82, 2.24) is 10.2 Å². The van der Waals surface area contributed by atoms with Crippen LogP contribution in [0.15, 0.2) is 18.2 Å². The molecular weight excluding hydrogens is 260 g/mol. The number of benzene rings is 1. The predicted octanol–water partition coefficient (Wildman–Crippen LogP) is 2.29. The van der Waals surface area contributed by atoms with E-state index in [1.165, 1.54) is 0 Å². The minimum absolute atomic E-state index is 0.0334. The van der Waals surface area contributed by atoms with Crippen molar-refractivity contribution in [3.05, 3.63) is 35.1 Å². The highest BCUT2D eigenvalue weighted by atomic mass is 19.4. The first kappa shape index (κ1) is 14.3. The second kappa shape index (κ2) is 5.88. The van der Waals surface area contributed by atoms with Crippen molar-refractivity contribution in [2.24, 2.45) is 0 Å². The standard InChI is InChI=1S/C13H16F4N2/c14-11-1-2-12(13(15,16)17)10(9-11)3-6-19-7-4-18-5-8-19/h1-2,9,18H,3-8H2. The summed E-state index contributed by atoms with van der Waals surface area (Å²) in [6.07, 6.45) is -4.21. The van der Waals surface area contributed by atoms with E-state index in [1.807, 2.05) is 0 Å². The largest absolute Gasteiger partial charge is 0.416 e. The van der Waals surface area contributed by atoms with E-state index in [0.29, 0.717) is 6.54 Å². The van der Waals surface area contributed by atoms with E-state index in [9.17, 15) is 17.6 Å². The van der Waals surface area contributed by atoms with Crippen LogP contribution in [0.4, 0.5) is 17.6 Å². The van der Waals surface area contributed by atoms with E-state index in [-0.39, 0.29) is 12.0 Å². The molecule has 2 nitrogen and oxygen atoms in total. The van der Waals surface area contributed by atoms with Crippen molar-refractivity contribution in [2.45, 2.75) is 12.6 Å². The average molecular weight is 276 g/mol. The first-order chi connectivity index (χ1) is 8.97. The van der Waals surface area contributed by atoms with Gasteiger partial charge in [-0.3, -0.25) is 0 Å². The molecule has 1 heterocycles. The molecule has 1 aromatic rings. The lowest BCUT2D eigenvalue weighted by atomic mass is 10.0. The molecule has 19 heavy (non-hydrogen) atoms. The van der Waals surface area contributed by atoms with Gasteiger partial charge in [-0.1, -0.05) is 0 Å². The van der Waals surface area contributed by atoms with Gasteiger partial charge in [0.1, 0.15) is 5.82 Å². The summed E-state index contributed by atoms with van der Waals surface area (Å²) in [5.41, 5.74) is -0.699. The molecule has 0 bridgehead atoms. The van der Waals surface area contributed by atoms with E-state index < -0.39 is 17.6 Å². The van der Waals surface area contributed by atoms with Crippen molar-refractivity contribution in [3.8, 4) is 0 Å². The van der Waals surface area contributed by atoms with Crippen LogP contribution in [0.1, 0.15) is 11.1 Å². The fourth-order valence-corrected chi connectivity index (χ4v) is 2.26. The predicted molar refractivity (Wildman–Crippen MR) is 64.4 cm³/mol. The highest BCUT2D eigenvalue weighted by molar-refractivity contribution is 5.30. The monoisotopic (exact) mass is 276 g/mol. The lowest BCUT2D eigenvalue weighted by Crippen LogP contribution is -2.44. The minimum Gasteiger partial charge on any atom is -0.314 e. The molecule has 106 valence electrons. The molecule has 0 spiro atoms. The molecule has 1 aliphatic rings. The maximum Gasteiger partial charge on any atom is 0.416 e. The Kier molecular flexibility index (Phi) is 4.42. The normalized spacial score (nSPS) is 17.7. The number of alkyl halides is 3. The Labute approximate surface area is 109 Å². The summed E-state index contributed by atoms with van der Waals surface area (Å²) < 4.78 is 51.5. The highest BCUT2D eigenvalue weighted by Crippen LogP contribution is 2.32. The molecule has 0 aliphatic carbocycles. The Morgan fingerprint density at radius 1 is 1.16 bits per heavy atom. The molecule has 1 aromatic carbocycles. The SMILES string of the molecule is Fc1ccc(C(F)(F)F)c(CCN2CCNCC2)c1. The van der Waals surface area contributed by atoms with Gasteiger partial charge in [0.05, 0.1) is 5.56 Å². The summed E-state index contributed by atoms with van der Waals surface area (Å²) in [5, 5.41) is 3.18. The van der Waals surface area contributed by atoms with Crippen LogP contribution < -0.4 is 5.32 Å².